The molecule has 1 amide bonds. The normalized spacial score (nSPS) is 18.2. The molecule has 1 aliphatic carbocycles. The number of anilines is 1. The number of carbonyl (C=O) groups excluding carboxylic acids is 1. The molecule has 2 aromatic rings. The lowest BCUT2D eigenvalue weighted by atomic mass is 10.1. The second-order valence-electron chi connectivity index (χ2n) is 8.11. The van der Waals surface area contributed by atoms with Crippen molar-refractivity contribution in [2.24, 2.45) is 4.99 Å². The molecule has 150 valence electrons. The zero-order valence-electron chi connectivity index (χ0n) is 16.8. The van der Waals surface area contributed by atoms with Gasteiger partial charge in [0.15, 0.2) is 0 Å². The lowest BCUT2D eigenvalue weighted by Crippen LogP contribution is -2.47. The number of amides is 1. The van der Waals surface area contributed by atoms with Crippen molar-refractivity contribution in [3.8, 4) is 5.75 Å². The molecule has 2 aromatic carbocycles. The Bertz CT molecular complexity index is 945. The van der Waals surface area contributed by atoms with Gasteiger partial charge in [0.25, 0.3) is 5.91 Å². The van der Waals surface area contributed by atoms with Crippen LogP contribution >= 0.6 is 0 Å². The molecule has 0 radical (unpaired) electrons. The van der Waals surface area contributed by atoms with Crippen molar-refractivity contribution in [3.63, 3.8) is 0 Å². The summed E-state index contributed by atoms with van der Waals surface area (Å²) in [6, 6.07) is 12.5. The Kier molecular flexibility index (Phi) is 5.06. The fourth-order valence-corrected chi connectivity index (χ4v) is 4.71. The van der Waals surface area contributed by atoms with Gasteiger partial charge >= 0.3 is 0 Å². The number of carbonyl (C=O) groups is 1. The molecule has 2 aliphatic heterocycles. The highest BCUT2D eigenvalue weighted by molar-refractivity contribution is 6.13. The molecule has 1 saturated heterocycles. The summed E-state index contributed by atoms with van der Waals surface area (Å²) >= 11 is 0. The third-order valence-electron chi connectivity index (χ3n) is 6.30. The predicted molar refractivity (Wildman–Crippen MR) is 116 cm³/mol. The van der Waals surface area contributed by atoms with E-state index in [1.165, 1.54) is 24.9 Å². The third kappa shape index (κ3) is 3.79. The predicted octanol–water partition coefficient (Wildman–Crippen LogP) is 3.34. The van der Waals surface area contributed by atoms with Crippen LogP contribution in [0.1, 0.15) is 39.9 Å². The lowest BCUT2D eigenvalue weighted by molar-refractivity contribution is 0.101. The van der Waals surface area contributed by atoms with Crippen LogP contribution in [-0.2, 0) is 12.8 Å². The number of ether oxygens (including phenoxy) is 1. The summed E-state index contributed by atoms with van der Waals surface area (Å²) in [6.45, 7) is 6.13. The van der Waals surface area contributed by atoms with Crippen LogP contribution in [0.3, 0.4) is 0 Å². The average molecular weight is 389 g/mol. The van der Waals surface area contributed by atoms with E-state index in [0.29, 0.717) is 12.2 Å². The van der Waals surface area contributed by atoms with Crippen molar-refractivity contribution in [2.75, 3.05) is 44.2 Å². The Morgan fingerprint density at radius 3 is 2.83 bits per heavy atom. The Balaban J connectivity index is 1.07. The molecule has 5 nitrogen and oxygen atoms in total. The minimum Gasteiger partial charge on any atom is -0.494 e. The number of aliphatic imine (C=N–C) groups is 1. The minimum absolute atomic E-state index is 0.174. The molecule has 3 aliphatic rings. The van der Waals surface area contributed by atoms with E-state index in [2.05, 4.69) is 33.0 Å². The Morgan fingerprint density at radius 2 is 1.93 bits per heavy atom. The summed E-state index contributed by atoms with van der Waals surface area (Å²) in [5.74, 6) is 0.581. The van der Waals surface area contributed by atoms with Gasteiger partial charge < -0.3 is 9.64 Å². The van der Waals surface area contributed by atoms with Gasteiger partial charge in [0.05, 0.1) is 12.2 Å². The van der Waals surface area contributed by atoms with Crippen molar-refractivity contribution in [3.05, 3.63) is 58.7 Å². The first kappa shape index (κ1) is 18.4. The van der Waals surface area contributed by atoms with E-state index in [9.17, 15) is 4.79 Å². The van der Waals surface area contributed by atoms with E-state index in [-0.39, 0.29) is 5.91 Å². The molecule has 0 unspecified atom stereocenters. The van der Waals surface area contributed by atoms with Crippen molar-refractivity contribution in [2.45, 2.75) is 25.7 Å². The summed E-state index contributed by atoms with van der Waals surface area (Å²) in [5, 5.41) is 0. The number of aryl methyl sites for hydroxylation is 1. The van der Waals surface area contributed by atoms with Crippen LogP contribution in [-0.4, -0.2) is 56.4 Å². The Hall–Kier alpha value is -2.66. The molecule has 29 heavy (non-hydrogen) atoms. The van der Waals surface area contributed by atoms with Crippen LogP contribution in [0.4, 0.5) is 5.69 Å². The van der Waals surface area contributed by atoms with Crippen LogP contribution in [0.25, 0.3) is 0 Å². The van der Waals surface area contributed by atoms with Gasteiger partial charge in [0, 0.05) is 50.2 Å². The van der Waals surface area contributed by atoms with E-state index >= 15 is 0 Å². The number of fused-ring (bicyclic) bond motifs is 2. The van der Waals surface area contributed by atoms with Crippen molar-refractivity contribution in [1.29, 1.82) is 0 Å². The largest absolute Gasteiger partial charge is 0.494 e. The first-order valence-corrected chi connectivity index (χ1v) is 10.7. The number of benzene rings is 2. The molecule has 5 rings (SSSR count). The fourth-order valence-electron chi connectivity index (χ4n) is 4.71. The van der Waals surface area contributed by atoms with E-state index in [1.807, 2.05) is 18.2 Å². The molecule has 0 bridgehead atoms. The molecule has 0 spiro atoms. The van der Waals surface area contributed by atoms with Gasteiger partial charge in [-0.15, -0.1) is 0 Å². The van der Waals surface area contributed by atoms with Gasteiger partial charge in [-0.3, -0.25) is 9.69 Å². The maximum atomic E-state index is 11.7. The van der Waals surface area contributed by atoms with Gasteiger partial charge in [-0.1, -0.05) is 12.1 Å². The molecule has 1 fully saturated rings. The number of piperazine rings is 1. The summed E-state index contributed by atoms with van der Waals surface area (Å²) in [6.07, 6.45) is 6.39. The average Bonchev–Trinajstić information content (AvgIpc) is 3.38. The van der Waals surface area contributed by atoms with Gasteiger partial charge in [0.1, 0.15) is 5.75 Å². The standard InChI is InChI=1S/C24H27N3O2/c28-24-22-16-20(9-8-19(22)17-25-24)29-15-3-10-26-11-13-27(14-12-26)23-7-2-5-18-4-1-6-21(18)23/h2,5,7-9,16-17H,1,3-4,6,10-15H2. The van der Waals surface area contributed by atoms with Crippen molar-refractivity contribution >= 4 is 17.8 Å². The van der Waals surface area contributed by atoms with Crippen LogP contribution in [0.15, 0.2) is 41.4 Å². The molecule has 0 N–H and O–H groups in total. The van der Waals surface area contributed by atoms with E-state index in [0.717, 1.165) is 50.5 Å². The number of nitrogens with zero attached hydrogens (tertiary/aromatic N) is 3. The van der Waals surface area contributed by atoms with Crippen LogP contribution in [0, 0.1) is 0 Å². The first-order chi connectivity index (χ1) is 14.3. The van der Waals surface area contributed by atoms with Gasteiger partial charge in [-0.2, -0.15) is 0 Å². The zero-order valence-corrected chi connectivity index (χ0v) is 16.8. The molecular formula is C24H27N3O2. The first-order valence-electron chi connectivity index (χ1n) is 10.7. The van der Waals surface area contributed by atoms with Gasteiger partial charge in [-0.05, 0) is 61.1 Å². The zero-order chi connectivity index (χ0) is 19.6. The fraction of sp³-hybridized carbons (Fsp3) is 0.417. The highest BCUT2D eigenvalue weighted by Gasteiger charge is 2.22. The highest BCUT2D eigenvalue weighted by Crippen LogP contribution is 2.31. The summed E-state index contributed by atoms with van der Waals surface area (Å²) < 4.78 is 5.87. The minimum atomic E-state index is -0.174. The van der Waals surface area contributed by atoms with Crippen molar-refractivity contribution < 1.29 is 9.53 Å². The smallest absolute Gasteiger partial charge is 0.277 e. The summed E-state index contributed by atoms with van der Waals surface area (Å²) in [5.41, 5.74) is 6.14. The lowest BCUT2D eigenvalue weighted by Gasteiger charge is -2.37. The third-order valence-corrected chi connectivity index (χ3v) is 6.30. The van der Waals surface area contributed by atoms with E-state index in [4.69, 9.17) is 4.74 Å². The van der Waals surface area contributed by atoms with Crippen molar-refractivity contribution in [1.82, 2.24) is 4.90 Å². The summed E-state index contributed by atoms with van der Waals surface area (Å²) in [4.78, 5) is 20.6. The Labute approximate surface area is 172 Å². The molecule has 0 saturated carbocycles. The Morgan fingerprint density at radius 1 is 1.03 bits per heavy atom. The maximum Gasteiger partial charge on any atom is 0.277 e. The summed E-state index contributed by atoms with van der Waals surface area (Å²) in [7, 11) is 0. The highest BCUT2D eigenvalue weighted by atomic mass is 16.5. The van der Waals surface area contributed by atoms with Crippen LogP contribution in [0.2, 0.25) is 0 Å². The SMILES string of the molecule is O=C1N=Cc2ccc(OCCCN3CCN(c4cccc5c4CCC5)CC3)cc21. The molecule has 0 atom stereocenters. The van der Waals surface area contributed by atoms with Gasteiger partial charge in [0.2, 0.25) is 0 Å². The molecular weight excluding hydrogens is 362 g/mol. The monoisotopic (exact) mass is 389 g/mol. The number of hydrogen-bond acceptors (Lipinski definition) is 4. The van der Waals surface area contributed by atoms with Crippen LogP contribution < -0.4 is 9.64 Å². The molecule has 5 heteroatoms. The van der Waals surface area contributed by atoms with Gasteiger partial charge in [-0.25, -0.2) is 4.99 Å². The topological polar surface area (TPSA) is 45.1 Å². The molecule has 0 aromatic heterocycles. The quantitative estimate of drug-likeness (QED) is 0.711. The molecule has 2 heterocycles. The maximum absolute atomic E-state index is 11.7. The van der Waals surface area contributed by atoms with Crippen LogP contribution in [0.5, 0.6) is 5.75 Å². The second-order valence-corrected chi connectivity index (χ2v) is 8.11. The van der Waals surface area contributed by atoms with E-state index in [1.54, 1.807) is 17.3 Å². The number of rotatable bonds is 6. The second kappa shape index (κ2) is 7.99. The van der Waals surface area contributed by atoms with E-state index < -0.39 is 0 Å². The number of hydrogen-bond donors (Lipinski definition) is 0.